The van der Waals surface area contributed by atoms with Gasteiger partial charge in [-0.3, -0.25) is 9.80 Å². The highest BCUT2D eigenvalue weighted by molar-refractivity contribution is 9.10. The van der Waals surface area contributed by atoms with Crippen LogP contribution in [0.4, 0.5) is 4.39 Å². The molecule has 6 heteroatoms. The summed E-state index contributed by atoms with van der Waals surface area (Å²) in [5.41, 5.74) is 2.84. The van der Waals surface area contributed by atoms with Crippen molar-refractivity contribution in [2.75, 3.05) is 26.2 Å². The normalized spacial score (nSPS) is 16.8. The number of rotatable bonds is 4. The molecule has 1 fully saturated rings. The molecule has 0 spiro atoms. The molecule has 1 aliphatic rings. The average Bonchev–Trinajstić information content (AvgIpc) is 2.88. The van der Waals surface area contributed by atoms with Crippen molar-refractivity contribution in [3.05, 3.63) is 70.3 Å². The van der Waals surface area contributed by atoms with E-state index in [-0.39, 0.29) is 5.82 Å². The lowest BCUT2D eigenvalue weighted by molar-refractivity contribution is 0.244. The van der Waals surface area contributed by atoms with Gasteiger partial charge < -0.3 is 4.40 Å². The van der Waals surface area contributed by atoms with Crippen LogP contribution in [0.25, 0.3) is 5.65 Å². The van der Waals surface area contributed by atoms with Crippen molar-refractivity contribution < 1.29 is 4.39 Å². The summed E-state index contributed by atoms with van der Waals surface area (Å²) in [6.07, 6.45) is 5.22. The summed E-state index contributed by atoms with van der Waals surface area (Å²) in [4.78, 5) is 9.50. The number of fused-ring (bicyclic) bond motifs is 1. The van der Waals surface area contributed by atoms with Gasteiger partial charge in [0, 0.05) is 48.6 Å². The summed E-state index contributed by atoms with van der Waals surface area (Å²) in [7, 11) is 0. The first kappa shape index (κ1) is 17.6. The number of imidazole rings is 1. The van der Waals surface area contributed by atoms with Crippen molar-refractivity contribution in [3.63, 3.8) is 0 Å². The molecule has 0 N–H and O–H groups in total. The number of nitrogens with zero attached hydrogens (tertiary/aromatic N) is 4. The highest BCUT2D eigenvalue weighted by Crippen LogP contribution is 2.16. The van der Waals surface area contributed by atoms with Crippen LogP contribution < -0.4 is 0 Å². The van der Waals surface area contributed by atoms with Gasteiger partial charge in [-0.05, 0) is 53.6 Å². The zero-order valence-corrected chi connectivity index (χ0v) is 16.2. The molecule has 3 heterocycles. The molecule has 136 valence electrons. The van der Waals surface area contributed by atoms with E-state index in [1.54, 1.807) is 12.1 Å². The number of halogens is 2. The van der Waals surface area contributed by atoms with Gasteiger partial charge in [0.05, 0.1) is 5.69 Å². The highest BCUT2D eigenvalue weighted by atomic mass is 79.9. The largest absolute Gasteiger partial charge is 0.306 e. The van der Waals surface area contributed by atoms with Crippen molar-refractivity contribution in [3.8, 4) is 0 Å². The SMILES string of the molecule is Fc1ccccc1CN1CCCN(Cc2cn3cc(Br)ccc3n2)CC1. The van der Waals surface area contributed by atoms with Crippen LogP contribution in [0.2, 0.25) is 0 Å². The van der Waals surface area contributed by atoms with Crippen molar-refractivity contribution >= 4 is 21.6 Å². The summed E-state index contributed by atoms with van der Waals surface area (Å²) in [5, 5.41) is 0. The monoisotopic (exact) mass is 416 g/mol. The maximum Gasteiger partial charge on any atom is 0.137 e. The lowest BCUT2D eigenvalue weighted by Gasteiger charge is -2.21. The van der Waals surface area contributed by atoms with Gasteiger partial charge in [-0.1, -0.05) is 18.2 Å². The summed E-state index contributed by atoms with van der Waals surface area (Å²) in [5.74, 6) is -0.107. The molecule has 26 heavy (non-hydrogen) atoms. The minimum absolute atomic E-state index is 0.107. The van der Waals surface area contributed by atoms with Gasteiger partial charge >= 0.3 is 0 Å². The Kier molecular flexibility index (Phi) is 5.33. The Morgan fingerprint density at radius 2 is 1.69 bits per heavy atom. The molecular weight excluding hydrogens is 395 g/mol. The van der Waals surface area contributed by atoms with E-state index < -0.39 is 0 Å². The number of benzene rings is 1. The van der Waals surface area contributed by atoms with E-state index >= 15 is 0 Å². The average molecular weight is 417 g/mol. The third-order valence-electron chi connectivity index (χ3n) is 4.88. The van der Waals surface area contributed by atoms with Crippen LogP contribution >= 0.6 is 15.9 Å². The van der Waals surface area contributed by atoms with E-state index in [0.717, 1.165) is 60.5 Å². The topological polar surface area (TPSA) is 23.8 Å². The zero-order valence-electron chi connectivity index (χ0n) is 14.6. The molecule has 0 bridgehead atoms. The molecule has 1 aliphatic heterocycles. The molecule has 0 atom stereocenters. The summed E-state index contributed by atoms with van der Waals surface area (Å²) in [6.45, 7) is 5.52. The second-order valence-corrected chi connectivity index (χ2v) is 7.76. The number of hydrogen-bond acceptors (Lipinski definition) is 3. The first-order chi connectivity index (χ1) is 12.7. The summed E-state index contributed by atoms with van der Waals surface area (Å²) < 4.78 is 17.0. The molecule has 0 saturated carbocycles. The standard InChI is InChI=1S/C20H22BrFN4/c21-17-6-7-20-23-18(15-26(20)13-17)14-25-9-3-8-24(10-11-25)12-16-4-1-2-5-19(16)22/h1-2,4-7,13,15H,3,8-12,14H2. The predicted octanol–water partition coefficient (Wildman–Crippen LogP) is 3.94. The Labute approximate surface area is 161 Å². The zero-order chi connectivity index (χ0) is 17.9. The molecule has 0 unspecified atom stereocenters. The maximum absolute atomic E-state index is 13.9. The molecule has 1 saturated heterocycles. The van der Waals surface area contributed by atoms with Gasteiger partial charge in [0.2, 0.25) is 0 Å². The first-order valence-corrected chi connectivity index (χ1v) is 9.78. The van der Waals surface area contributed by atoms with Crippen molar-refractivity contribution in [2.24, 2.45) is 0 Å². The first-order valence-electron chi connectivity index (χ1n) is 8.99. The molecule has 0 aliphatic carbocycles. The van der Waals surface area contributed by atoms with E-state index in [1.807, 2.05) is 30.5 Å². The van der Waals surface area contributed by atoms with Gasteiger partial charge in [0.1, 0.15) is 11.5 Å². The van der Waals surface area contributed by atoms with Crippen LogP contribution in [0.3, 0.4) is 0 Å². The summed E-state index contributed by atoms with van der Waals surface area (Å²) in [6, 6.07) is 11.1. The Morgan fingerprint density at radius 3 is 2.50 bits per heavy atom. The van der Waals surface area contributed by atoms with Crippen molar-refractivity contribution in [2.45, 2.75) is 19.5 Å². The van der Waals surface area contributed by atoms with E-state index in [0.29, 0.717) is 6.54 Å². The third kappa shape index (κ3) is 4.14. The van der Waals surface area contributed by atoms with E-state index in [2.05, 4.69) is 36.3 Å². The van der Waals surface area contributed by atoms with Crippen LogP contribution in [-0.2, 0) is 13.1 Å². The second kappa shape index (κ2) is 7.86. The van der Waals surface area contributed by atoms with Crippen molar-refractivity contribution in [1.82, 2.24) is 19.2 Å². The van der Waals surface area contributed by atoms with Crippen LogP contribution in [-0.4, -0.2) is 45.4 Å². The fourth-order valence-electron chi connectivity index (χ4n) is 3.53. The number of hydrogen-bond donors (Lipinski definition) is 0. The second-order valence-electron chi connectivity index (χ2n) is 6.84. The maximum atomic E-state index is 13.9. The number of pyridine rings is 1. The van der Waals surface area contributed by atoms with Crippen molar-refractivity contribution in [1.29, 1.82) is 0 Å². The minimum atomic E-state index is -0.107. The molecule has 1 aromatic carbocycles. The fraction of sp³-hybridized carbons (Fsp3) is 0.350. The minimum Gasteiger partial charge on any atom is -0.306 e. The molecule has 0 radical (unpaired) electrons. The molecule has 3 aromatic rings. The van der Waals surface area contributed by atoms with Crippen LogP contribution in [0.5, 0.6) is 0 Å². The lowest BCUT2D eigenvalue weighted by atomic mass is 10.2. The smallest absolute Gasteiger partial charge is 0.137 e. The predicted molar refractivity (Wildman–Crippen MR) is 104 cm³/mol. The Morgan fingerprint density at radius 1 is 0.923 bits per heavy atom. The van der Waals surface area contributed by atoms with E-state index in [1.165, 1.54) is 0 Å². The van der Waals surface area contributed by atoms with Crippen LogP contribution in [0.15, 0.2) is 53.3 Å². The molecular formula is C20H22BrFN4. The van der Waals surface area contributed by atoms with Crippen LogP contribution in [0, 0.1) is 5.82 Å². The molecule has 4 rings (SSSR count). The Bertz CT molecular complexity index is 894. The quantitative estimate of drug-likeness (QED) is 0.643. The summed E-state index contributed by atoms with van der Waals surface area (Å²) >= 11 is 3.50. The fourth-order valence-corrected chi connectivity index (χ4v) is 3.88. The molecule has 0 amide bonds. The number of aromatic nitrogens is 2. The third-order valence-corrected chi connectivity index (χ3v) is 5.35. The lowest BCUT2D eigenvalue weighted by Crippen LogP contribution is -2.30. The Balaban J connectivity index is 1.38. The van der Waals surface area contributed by atoms with Gasteiger partial charge in [-0.2, -0.15) is 0 Å². The molecule has 4 nitrogen and oxygen atoms in total. The van der Waals surface area contributed by atoms with Gasteiger partial charge in [-0.25, -0.2) is 9.37 Å². The van der Waals surface area contributed by atoms with E-state index in [4.69, 9.17) is 4.98 Å². The Hall–Kier alpha value is -1.76. The highest BCUT2D eigenvalue weighted by Gasteiger charge is 2.17. The van der Waals surface area contributed by atoms with Gasteiger partial charge in [0.15, 0.2) is 0 Å². The van der Waals surface area contributed by atoms with Gasteiger partial charge in [-0.15, -0.1) is 0 Å². The van der Waals surface area contributed by atoms with E-state index in [9.17, 15) is 4.39 Å². The molecule has 2 aromatic heterocycles. The van der Waals surface area contributed by atoms with Gasteiger partial charge in [0.25, 0.3) is 0 Å². The van der Waals surface area contributed by atoms with Crippen LogP contribution in [0.1, 0.15) is 17.7 Å².